The van der Waals surface area contributed by atoms with E-state index >= 15 is 0 Å². The second kappa shape index (κ2) is 6.35. The van der Waals surface area contributed by atoms with Gasteiger partial charge in [-0.15, -0.1) is 0 Å². The van der Waals surface area contributed by atoms with E-state index in [1.54, 1.807) is 22.5 Å². The van der Waals surface area contributed by atoms with Gasteiger partial charge in [0.25, 0.3) is 0 Å². The zero-order valence-electron chi connectivity index (χ0n) is 11.3. The van der Waals surface area contributed by atoms with Crippen LogP contribution in [0.15, 0.2) is 29.2 Å². The monoisotopic (exact) mass is 293 g/mol. The summed E-state index contributed by atoms with van der Waals surface area (Å²) < 4.78 is 27.0. The van der Waals surface area contributed by atoms with Crippen molar-refractivity contribution in [1.29, 1.82) is 5.26 Å². The molecule has 1 aliphatic heterocycles. The maximum Gasteiger partial charge on any atom is 0.243 e. The van der Waals surface area contributed by atoms with Gasteiger partial charge in [-0.25, -0.2) is 8.42 Å². The first-order valence-corrected chi connectivity index (χ1v) is 8.25. The fraction of sp³-hybridized carbons (Fsp3) is 0.500. The molecule has 0 radical (unpaired) electrons. The second-order valence-electron chi connectivity index (χ2n) is 4.98. The van der Waals surface area contributed by atoms with E-state index in [9.17, 15) is 8.42 Å². The molecular formula is C14H19N3O2S. The molecule has 20 heavy (non-hydrogen) atoms. The number of rotatable bonds is 4. The van der Waals surface area contributed by atoms with Gasteiger partial charge in [0, 0.05) is 12.6 Å². The molecule has 0 amide bonds. The van der Waals surface area contributed by atoms with Crippen molar-refractivity contribution >= 4 is 10.0 Å². The SMILES string of the molecule is N#Cc1cccc(S(=O)(=O)N2CCCCC2CCN)c1. The van der Waals surface area contributed by atoms with Crippen molar-refractivity contribution in [3.63, 3.8) is 0 Å². The van der Waals surface area contributed by atoms with E-state index in [2.05, 4.69) is 0 Å². The second-order valence-corrected chi connectivity index (χ2v) is 6.87. The van der Waals surface area contributed by atoms with Gasteiger partial charge in [0.1, 0.15) is 0 Å². The molecule has 1 aromatic rings. The molecule has 1 atom stereocenters. The average Bonchev–Trinajstić information content (AvgIpc) is 2.48. The Hall–Kier alpha value is -1.42. The Morgan fingerprint density at radius 1 is 1.40 bits per heavy atom. The fourth-order valence-corrected chi connectivity index (χ4v) is 4.40. The molecule has 5 nitrogen and oxygen atoms in total. The van der Waals surface area contributed by atoms with Crippen LogP contribution in [-0.4, -0.2) is 31.9 Å². The van der Waals surface area contributed by atoms with E-state index < -0.39 is 10.0 Å². The third-order valence-corrected chi connectivity index (χ3v) is 5.59. The zero-order valence-corrected chi connectivity index (χ0v) is 12.1. The number of benzene rings is 1. The first-order valence-electron chi connectivity index (χ1n) is 6.81. The maximum absolute atomic E-state index is 12.7. The fourth-order valence-electron chi connectivity index (χ4n) is 2.63. The predicted molar refractivity (Wildman–Crippen MR) is 76.4 cm³/mol. The van der Waals surface area contributed by atoms with Gasteiger partial charge in [0.2, 0.25) is 10.0 Å². The van der Waals surface area contributed by atoms with Gasteiger partial charge in [-0.2, -0.15) is 9.57 Å². The Bertz CT molecular complexity index is 605. The van der Waals surface area contributed by atoms with E-state index in [0.717, 1.165) is 19.3 Å². The molecule has 1 fully saturated rings. The highest BCUT2D eigenvalue weighted by Crippen LogP contribution is 2.27. The van der Waals surface area contributed by atoms with Gasteiger partial charge >= 0.3 is 0 Å². The Balaban J connectivity index is 2.34. The minimum absolute atomic E-state index is 0.0236. The molecule has 1 heterocycles. The molecular weight excluding hydrogens is 274 g/mol. The van der Waals surface area contributed by atoms with Crippen molar-refractivity contribution in [3.05, 3.63) is 29.8 Å². The van der Waals surface area contributed by atoms with Gasteiger partial charge in [-0.3, -0.25) is 0 Å². The van der Waals surface area contributed by atoms with E-state index in [1.807, 2.05) is 6.07 Å². The highest BCUT2D eigenvalue weighted by Gasteiger charge is 2.32. The van der Waals surface area contributed by atoms with Gasteiger partial charge in [0.15, 0.2) is 0 Å². The molecule has 0 aliphatic carbocycles. The number of nitrogens with zero attached hydrogens (tertiary/aromatic N) is 2. The molecule has 0 spiro atoms. The molecule has 0 aromatic heterocycles. The summed E-state index contributed by atoms with van der Waals surface area (Å²) >= 11 is 0. The Kier molecular flexibility index (Phi) is 4.76. The summed E-state index contributed by atoms with van der Waals surface area (Å²) in [5.41, 5.74) is 5.94. The van der Waals surface area contributed by atoms with Crippen LogP contribution in [0.3, 0.4) is 0 Å². The molecule has 2 rings (SSSR count). The smallest absolute Gasteiger partial charge is 0.243 e. The number of nitriles is 1. The van der Waals surface area contributed by atoms with Gasteiger partial charge in [-0.05, 0) is 44.0 Å². The van der Waals surface area contributed by atoms with Gasteiger partial charge < -0.3 is 5.73 Å². The van der Waals surface area contributed by atoms with Crippen LogP contribution in [0.1, 0.15) is 31.2 Å². The largest absolute Gasteiger partial charge is 0.330 e. The van der Waals surface area contributed by atoms with Crippen molar-refractivity contribution in [2.24, 2.45) is 5.73 Å². The molecule has 1 unspecified atom stereocenters. The third kappa shape index (κ3) is 3.01. The normalized spacial score (nSPS) is 20.5. The van der Waals surface area contributed by atoms with E-state index in [4.69, 9.17) is 11.0 Å². The number of hydrogen-bond donors (Lipinski definition) is 1. The van der Waals surface area contributed by atoms with Crippen molar-refractivity contribution < 1.29 is 8.42 Å². The van der Waals surface area contributed by atoms with Gasteiger partial charge in [0.05, 0.1) is 16.5 Å². The lowest BCUT2D eigenvalue weighted by Crippen LogP contribution is -2.44. The van der Waals surface area contributed by atoms with Crippen molar-refractivity contribution in [2.45, 2.75) is 36.6 Å². The molecule has 0 saturated carbocycles. The van der Waals surface area contributed by atoms with Crippen molar-refractivity contribution in [3.8, 4) is 6.07 Å². The summed E-state index contributed by atoms with van der Waals surface area (Å²) in [6.07, 6.45) is 3.44. The van der Waals surface area contributed by atoms with Crippen LogP contribution in [-0.2, 0) is 10.0 Å². The standard InChI is InChI=1S/C14H19N3O2S/c15-8-7-13-5-1-2-9-17(13)20(18,19)14-6-3-4-12(10-14)11-16/h3-4,6,10,13H,1-2,5,7-9,15H2. The van der Waals surface area contributed by atoms with E-state index in [1.165, 1.54) is 6.07 Å². The minimum atomic E-state index is -3.54. The third-order valence-electron chi connectivity index (χ3n) is 3.64. The van der Waals surface area contributed by atoms with Crippen LogP contribution in [0.5, 0.6) is 0 Å². The molecule has 1 saturated heterocycles. The molecule has 108 valence electrons. The minimum Gasteiger partial charge on any atom is -0.330 e. The Morgan fingerprint density at radius 3 is 2.90 bits per heavy atom. The zero-order chi connectivity index (χ0) is 14.6. The number of piperidine rings is 1. The van der Waals surface area contributed by atoms with Crippen LogP contribution in [0, 0.1) is 11.3 Å². The van der Waals surface area contributed by atoms with Crippen molar-refractivity contribution in [2.75, 3.05) is 13.1 Å². The van der Waals surface area contributed by atoms with Gasteiger partial charge in [-0.1, -0.05) is 12.5 Å². The highest BCUT2D eigenvalue weighted by molar-refractivity contribution is 7.89. The number of sulfonamides is 1. The quantitative estimate of drug-likeness (QED) is 0.910. The summed E-state index contributed by atoms with van der Waals surface area (Å²) in [7, 11) is -3.54. The molecule has 0 bridgehead atoms. The summed E-state index contributed by atoms with van der Waals surface area (Å²) in [6.45, 7) is 1.01. The topological polar surface area (TPSA) is 87.2 Å². The van der Waals surface area contributed by atoms with Crippen LogP contribution < -0.4 is 5.73 Å². The van der Waals surface area contributed by atoms with Crippen LogP contribution in [0.2, 0.25) is 0 Å². The average molecular weight is 293 g/mol. The summed E-state index contributed by atoms with van der Waals surface area (Å²) in [5.74, 6) is 0. The summed E-state index contributed by atoms with van der Waals surface area (Å²) in [4.78, 5) is 0.195. The molecule has 1 aliphatic rings. The predicted octanol–water partition coefficient (Wildman–Crippen LogP) is 1.45. The van der Waals surface area contributed by atoms with Crippen LogP contribution >= 0.6 is 0 Å². The Morgan fingerprint density at radius 2 is 2.20 bits per heavy atom. The number of nitrogens with two attached hydrogens (primary N) is 1. The highest BCUT2D eigenvalue weighted by atomic mass is 32.2. The summed E-state index contributed by atoms with van der Waals surface area (Å²) in [6, 6.07) is 8.14. The van der Waals surface area contributed by atoms with Crippen LogP contribution in [0.25, 0.3) is 0 Å². The number of hydrogen-bond acceptors (Lipinski definition) is 4. The maximum atomic E-state index is 12.7. The summed E-state index contributed by atoms with van der Waals surface area (Å²) in [5, 5.41) is 8.90. The first-order chi connectivity index (χ1) is 9.59. The lowest BCUT2D eigenvalue weighted by atomic mass is 10.0. The van der Waals surface area contributed by atoms with E-state index in [-0.39, 0.29) is 10.9 Å². The van der Waals surface area contributed by atoms with Crippen molar-refractivity contribution in [1.82, 2.24) is 4.31 Å². The lowest BCUT2D eigenvalue weighted by Gasteiger charge is -2.34. The molecule has 1 aromatic carbocycles. The first kappa shape index (κ1) is 15.0. The molecule has 6 heteroatoms. The van der Waals surface area contributed by atoms with Crippen LogP contribution in [0.4, 0.5) is 0 Å². The lowest BCUT2D eigenvalue weighted by molar-refractivity contribution is 0.243. The Labute approximate surface area is 120 Å². The van der Waals surface area contributed by atoms with E-state index in [0.29, 0.717) is 25.1 Å². The molecule has 2 N–H and O–H groups in total.